The Kier molecular flexibility index (Phi) is 4.88. The first kappa shape index (κ1) is 15.8. The first-order valence-electron chi connectivity index (χ1n) is 8.14. The molecule has 0 heterocycles. The minimum atomic E-state index is 0.545. The first-order chi connectivity index (χ1) is 9.90. The Morgan fingerprint density at radius 3 is 1.81 bits per heavy atom. The molecule has 0 atom stereocenters. The van der Waals surface area contributed by atoms with Crippen LogP contribution in [0.25, 0.3) is 11.1 Å². The zero-order chi connectivity index (χ0) is 15.6. The summed E-state index contributed by atoms with van der Waals surface area (Å²) in [6.45, 7) is 13.6. The van der Waals surface area contributed by atoms with Crippen LogP contribution in [0.5, 0.6) is 0 Å². The van der Waals surface area contributed by atoms with E-state index in [0.29, 0.717) is 17.8 Å². The molecule has 0 N–H and O–H groups in total. The number of hydrogen-bond acceptors (Lipinski definition) is 0. The van der Waals surface area contributed by atoms with Crippen LogP contribution >= 0.6 is 0 Å². The maximum Gasteiger partial charge on any atom is -0.0146 e. The molecule has 112 valence electrons. The molecule has 0 aliphatic heterocycles. The van der Waals surface area contributed by atoms with Crippen LogP contribution in [-0.2, 0) is 0 Å². The van der Waals surface area contributed by atoms with E-state index in [-0.39, 0.29) is 0 Å². The van der Waals surface area contributed by atoms with Gasteiger partial charge in [-0.3, -0.25) is 0 Å². The molecule has 0 fully saturated rings. The van der Waals surface area contributed by atoms with Crippen molar-refractivity contribution in [3.05, 3.63) is 59.2 Å². The largest absolute Gasteiger partial charge is 0.0614 e. The van der Waals surface area contributed by atoms with Crippen molar-refractivity contribution in [3.63, 3.8) is 0 Å². The fourth-order valence-corrected chi connectivity index (χ4v) is 2.75. The summed E-state index contributed by atoms with van der Waals surface area (Å²) in [5, 5.41) is 0. The normalized spacial score (nSPS) is 11.7. The highest BCUT2D eigenvalue weighted by Gasteiger charge is 2.12. The van der Waals surface area contributed by atoms with Gasteiger partial charge in [0.25, 0.3) is 0 Å². The first-order valence-corrected chi connectivity index (χ1v) is 8.14. The van der Waals surface area contributed by atoms with Crippen LogP contribution in [-0.4, -0.2) is 0 Å². The third-order valence-electron chi connectivity index (χ3n) is 4.23. The molecule has 2 aromatic rings. The molecule has 2 aromatic carbocycles. The summed E-state index contributed by atoms with van der Waals surface area (Å²) in [6, 6.07) is 16.0. The van der Waals surface area contributed by atoms with Crippen molar-refractivity contribution in [2.75, 3.05) is 0 Å². The van der Waals surface area contributed by atoms with Crippen LogP contribution < -0.4 is 0 Å². The van der Waals surface area contributed by atoms with Gasteiger partial charge in [0.05, 0.1) is 0 Å². The quantitative estimate of drug-likeness (QED) is 0.583. The van der Waals surface area contributed by atoms with Crippen molar-refractivity contribution in [2.24, 2.45) is 0 Å². The van der Waals surface area contributed by atoms with Crippen LogP contribution in [0.2, 0.25) is 0 Å². The predicted molar refractivity (Wildman–Crippen MR) is 94.1 cm³/mol. The van der Waals surface area contributed by atoms with E-state index in [1.54, 1.807) is 0 Å². The van der Waals surface area contributed by atoms with Crippen molar-refractivity contribution in [2.45, 2.75) is 59.3 Å². The van der Waals surface area contributed by atoms with Crippen LogP contribution in [0.1, 0.15) is 76.0 Å². The zero-order valence-corrected chi connectivity index (χ0v) is 14.3. The summed E-state index contributed by atoms with van der Waals surface area (Å²) in [6.07, 6.45) is 0. The van der Waals surface area contributed by atoms with Crippen molar-refractivity contribution in [1.29, 1.82) is 0 Å². The maximum absolute atomic E-state index is 2.39. The molecule has 21 heavy (non-hydrogen) atoms. The third-order valence-corrected chi connectivity index (χ3v) is 4.23. The average molecular weight is 280 g/mol. The van der Waals surface area contributed by atoms with Crippen molar-refractivity contribution in [3.8, 4) is 11.1 Å². The number of rotatable bonds is 4. The molecule has 0 amide bonds. The highest BCUT2D eigenvalue weighted by Crippen LogP contribution is 2.33. The molecule has 0 heteroatoms. The number of benzene rings is 2. The maximum atomic E-state index is 2.39. The SMILES string of the molecule is CC(C)c1cccc(-c2cc(C(C)C)ccc2C(C)C)c1. The van der Waals surface area contributed by atoms with E-state index in [1.165, 1.54) is 27.8 Å². The molecule has 0 nitrogen and oxygen atoms in total. The summed E-state index contributed by atoms with van der Waals surface area (Å²) in [5.41, 5.74) is 7.04. The van der Waals surface area contributed by atoms with Gasteiger partial charge in [-0.25, -0.2) is 0 Å². The molecular weight excluding hydrogens is 252 g/mol. The zero-order valence-electron chi connectivity index (χ0n) is 14.3. The van der Waals surface area contributed by atoms with E-state index in [1.807, 2.05) is 0 Å². The third kappa shape index (κ3) is 3.56. The Labute approximate surface area is 130 Å². The van der Waals surface area contributed by atoms with Gasteiger partial charge in [0.15, 0.2) is 0 Å². The molecule has 0 unspecified atom stereocenters. The molecule has 0 aliphatic carbocycles. The smallest absolute Gasteiger partial charge is 0.0146 e. The van der Waals surface area contributed by atoms with Gasteiger partial charge in [-0.15, -0.1) is 0 Å². The second-order valence-electron chi connectivity index (χ2n) is 6.94. The van der Waals surface area contributed by atoms with Gasteiger partial charge in [-0.1, -0.05) is 84.0 Å². The fourth-order valence-electron chi connectivity index (χ4n) is 2.75. The lowest BCUT2D eigenvalue weighted by Crippen LogP contribution is -1.97. The monoisotopic (exact) mass is 280 g/mol. The summed E-state index contributed by atoms with van der Waals surface area (Å²) in [7, 11) is 0. The summed E-state index contributed by atoms with van der Waals surface area (Å²) >= 11 is 0. The van der Waals surface area contributed by atoms with Crippen LogP contribution in [0.3, 0.4) is 0 Å². The lowest BCUT2D eigenvalue weighted by Gasteiger charge is -2.17. The average Bonchev–Trinajstić information content (AvgIpc) is 2.46. The summed E-state index contributed by atoms with van der Waals surface area (Å²) in [4.78, 5) is 0. The summed E-state index contributed by atoms with van der Waals surface area (Å²) in [5.74, 6) is 1.68. The lowest BCUT2D eigenvalue weighted by atomic mass is 9.87. The molecule has 0 bridgehead atoms. The van der Waals surface area contributed by atoms with E-state index in [4.69, 9.17) is 0 Å². The van der Waals surface area contributed by atoms with Crippen LogP contribution in [0, 0.1) is 0 Å². The Morgan fingerprint density at radius 1 is 0.619 bits per heavy atom. The van der Waals surface area contributed by atoms with Gasteiger partial charge in [-0.05, 0) is 45.6 Å². The lowest BCUT2D eigenvalue weighted by molar-refractivity contribution is 0.846. The standard InChI is InChI=1S/C21H28/c1-14(2)17-8-7-9-19(12-17)21-13-18(15(3)4)10-11-20(21)16(5)6/h7-16H,1-6H3. The fraction of sp³-hybridized carbons (Fsp3) is 0.429. The topological polar surface area (TPSA) is 0 Å². The van der Waals surface area contributed by atoms with E-state index < -0.39 is 0 Å². The molecule has 2 rings (SSSR count). The molecule has 0 saturated carbocycles. The van der Waals surface area contributed by atoms with E-state index in [0.717, 1.165) is 0 Å². The van der Waals surface area contributed by atoms with Gasteiger partial charge >= 0.3 is 0 Å². The summed E-state index contributed by atoms with van der Waals surface area (Å²) < 4.78 is 0. The molecule has 0 spiro atoms. The van der Waals surface area contributed by atoms with E-state index >= 15 is 0 Å². The molecule has 0 aliphatic rings. The van der Waals surface area contributed by atoms with E-state index in [2.05, 4.69) is 84.0 Å². The predicted octanol–water partition coefficient (Wildman–Crippen LogP) is 6.72. The Morgan fingerprint density at radius 2 is 1.24 bits per heavy atom. The van der Waals surface area contributed by atoms with Crippen molar-refractivity contribution in [1.82, 2.24) is 0 Å². The minimum absolute atomic E-state index is 0.545. The highest BCUT2D eigenvalue weighted by molar-refractivity contribution is 5.70. The highest BCUT2D eigenvalue weighted by atomic mass is 14.2. The van der Waals surface area contributed by atoms with Crippen molar-refractivity contribution >= 4 is 0 Å². The minimum Gasteiger partial charge on any atom is -0.0614 e. The van der Waals surface area contributed by atoms with Gasteiger partial charge in [0.1, 0.15) is 0 Å². The molecule has 0 saturated heterocycles. The Balaban J connectivity index is 2.59. The molecule has 0 aromatic heterocycles. The Hall–Kier alpha value is -1.56. The van der Waals surface area contributed by atoms with Crippen LogP contribution in [0.4, 0.5) is 0 Å². The Bertz CT molecular complexity index is 603. The second kappa shape index (κ2) is 6.47. The molecular formula is C21H28. The molecule has 0 radical (unpaired) electrons. The van der Waals surface area contributed by atoms with E-state index in [9.17, 15) is 0 Å². The second-order valence-corrected chi connectivity index (χ2v) is 6.94. The van der Waals surface area contributed by atoms with Crippen molar-refractivity contribution < 1.29 is 0 Å². The van der Waals surface area contributed by atoms with Gasteiger partial charge in [0, 0.05) is 0 Å². The van der Waals surface area contributed by atoms with Gasteiger partial charge < -0.3 is 0 Å². The van der Waals surface area contributed by atoms with Gasteiger partial charge in [-0.2, -0.15) is 0 Å². The van der Waals surface area contributed by atoms with Gasteiger partial charge in [0.2, 0.25) is 0 Å². The van der Waals surface area contributed by atoms with Crippen LogP contribution in [0.15, 0.2) is 42.5 Å². The number of hydrogen-bond donors (Lipinski definition) is 0.